The van der Waals surface area contributed by atoms with Crippen LogP contribution in [0.15, 0.2) is 40.9 Å². The highest BCUT2D eigenvalue weighted by Gasteiger charge is 2.66. The van der Waals surface area contributed by atoms with Crippen LogP contribution < -0.4 is 4.74 Å². The topological polar surface area (TPSA) is 18.5 Å². The molecule has 2 nitrogen and oxygen atoms in total. The zero-order valence-corrected chi connectivity index (χ0v) is 21.2. The van der Waals surface area contributed by atoms with Crippen LogP contribution in [0.3, 0.4) is 0 Å². The maximum Gasteiger partial charge on any atom is 0.188 e. The third kappa shape index (κ3) is 2.97. The Bertz CT molecular complexity index is 1230. The predicted molar refractivity (Wildman–Crippen MR) is 132 cm³/mol. The third-order valence-electron chi connectivity index (χ3n) is 8.43. The Hall–Kier alpha value is -1.43. The zero-order valence-electron chi connectivity index (χ0n) is 18.8. The van der Waals surface area contributed by atoms with E-state index in [2.05, 4.69) is 41.9 Å². The van der Waals surface area contributed by atoms with Crippen molar-refractivity contribution in [3.05, 3.63) is 52.3 Å². The summed E-state index contributed by atoms with van der Waals surface area (Å²) < 4.78 is 29.1. The number of methoxy groups -OCH3 is 1. The number of ether oxygens (including phenoxy) is 2. The minimum Gasteiger partial charge on any atom is -0.467 e. The summed E-state index contributed by atoms with van der Waals surface area (Å²) in [5, 5.41) is 1.15. The van der Waals surface area contributed by atoms with Gasteiger partial charge in [0.05, 0.1) is 4.88 Å². The van der Waals surface area contributed by atoms with Gasteiger partial charge >= 0.3 is 0 Å². The number of fused-ring (bicyclic) bond motifs is 1. The van der Waals surface area contributed by atoms with Crippen LogP contribution in [0.25, 0.3) is 20.5 Å². The van der Waals surface area contributed by atoms with Crippen LogP contribution in [-0.2, 0) is 10.2 Å². The fourth-order valence-corrected chi connectivity index (χ4v) is 9.92. The van der Waals surface area contributed by atoms with Crippen LogP contribution in [0.4, 0.5) is 4.39 Å². The average Bonchev–Trinajstić information content (AvgIpc) is 3.24. The molecule has 32 heavy (non-hydrogen) atoms. The minimum absolute atomic E-state index is 0.0201. The molecule has 7 rings (SSSR count). The van der Waals surface area contributed by atoms with E-state index in [0.29, 0.717) is 10.8 Å². The van der Waals surface area contributed by atoms with Crippen LogP contribution in [0, 0.1) is 22.6 Å². The standard InChI is InChI=1S/C27H28BrFO2S/c1-25-10-16-11-27(13-25,14-26(16,2)12-25)20-9-17(29)8-19(23(20)31-15-30-3)24-22(28)18-6-4-5-7-21(18)32-24/h4-9,16H,10-15H2,1-3H3. The fourth-order valence-electron chi connectivity index (χ4n) is 7.88. The quantitative estimate of drug-likeness (QED) is 0.318. The van der Waals surface area contributed by atoms with E-state index in [1.54, 1.807) is 30.6 Å². The lowest BCUT2D eigenvalue weighted by Crippen LogP contribution is -2.38. The van der Waals surface area contributed by atoms with Crippen LogP contribution >= 0.6 is 27.3 Å². The molecule has 0 amide bonds. The van der Waals surface area contributed by atoms with Crippen LogP contribution in [0.1, 0.15) is 51.5 Å². The Morgan fingerprint density at radius 1 is 1.12 bits per heavy atom. The van der Waals surface area contributed by atoms with E-state index in [9.17, 15) is 0 Å². The Labute approximate surface area is 201 Å². The smallest absolute Gasteiger partial charge is 0.188 e. The molecule has 0 N–H and O–H groups in total. The summed E-state index contributed by atoms with van der Waals surface area (Å²) in [5.74, 6) is 1.34. The maximum absolute atomic E-state index is 15.3. The highest BCUT2D eigenvalue weighted by Crippen LogP contribution is 2.75. The molecule has 0 spiro atoms. The van der Waals surface area contributed by atoms with Gasteiger partial charge in [0.2, 0.25) is 0 Å². The summed E-state index contributed by atoms with van der Waals surface area (Å²) in [7, 11) is 1.64. The lowest BCUT2D eigenvalue weighted by atomic mass is 9.58. The van der Waals surface area contributed by atoms with Gasteiger partial charge in [-0.15, -0.1) is 11.3 Å². The van der Waals surface area contributed by atoms with Crippen molar-refractivity contribution in [1.82, 2.24) is 0 Å². The van der Waals surface area contributed by atoms with E-state index in [0.717, 1.165) is 56.8 Å². The van der Waals surface area contributed by atoms with Gasteiger partial charge in [0.1, 0.15) is 11.6 Å². The molecule has 4 bridgehead atoms. The van der Waals surface area contributed by atoms with Crippen LogP contribution in [0.5, 0.6) is 5.75 Å². The molecule has 0 aliphatic heterocycles. The van der Waals surface area contributed by atoms with Gasteiger partial charge in [-0.05, 0) is 83.0 Å². The minimum atomic E-state index is -0.184. The fraction of sp³-hybridized carbons (Fsp3) is 0.481. The second-order valence-corrected chi connectivity index (χ2v) is 12.8. The summed E-state index contributed by atoms with van der Waals surface area (Å²) >= 11 is 5.49. The Kier molecular flexibility index (Phi) is 4.65. The number of hydrogen-bond acceptors (Lipinski definition) is 3. The Balaban J connectivity index is 1.57. The normalized spacial score (nSPS) is 32.8. The van der Waals surface area contributed by atoms with Crippen molar-refractivity contribution >= 4 is 37.4 Å². The first kappa shape index (κ1) is 21.1. The molecule has 4 unspecified atom stereocenters. The first-order valence-electron chi connectivity index (χ1n) is 11.4. The summed E-state index contributed by atoms with van der Waals surface area (Å²) in [5.41, 5.74) is 2.56. The van der Waals surface area contributed by atoms with Crippen LogP contribution in [0.2, 0.25) is 0 Å². The van der Waals surface area contributed by atoms with Crippen molar-refractivity contribution < 1.29 is 13.9 Å². The van der Waals surface area contributed by atoms with Gasteiger partial charge in [-0.2, -0.15) is 0 Å². The third-order valence-corrected chi connectivity index (χ3v) is 10.7. The molecule has 0 radical (unpaired) electrons. The SMILES string of the molecule is COCOc1c(-c2sc3ccccc3c2Br)cc(F)cc1C12CC3CC(C)(C1)CC3(C)C2. The first-order chi connectivity index (χ1) is 15.3. The molecule has 5 heteroatoms. The molecule has 4 atom stereocenters. The molecule has 4 aliphatic rings. The number of hydrogen-bond donors (Lipinski definition) is 0. The van der Waals surface area contributed by atoms with E-state index in [1.807, 2.05) is 12.1 Å². The second kappa shape index (κ2) is 7.04. The highest BCUT2D eigenvalue weighted by molar-refractivity contribution is 9.10. The van der Waals surface area contributed by atoms with Gasteiger partial charge in [-0.1, -0.05) is 32.0 Å². The van der Waals surface area contributed by atoms with Crippen molar-refractivity contribution in [2.75, 3.05) is 13.9 Å². The molecule has 2 aromatic carbocycles. The van der Waals surface area contributed by atoms with Crippen molar-refractivity contribution in [3.8, 4) is 16.2 Å². The molecule has 0 saturated heterocycles. The van der Waals surface area contributed by atoms with Crippen molar-refractivity contribution in [2.45, 2.75) is 51.4 Å². The molecule has 168 valence electrons. The second-order valence-electron chi connectivity index (χ2n) is 11.0. The molecule has 4 saturated carbocycles. The maximum atomic E-state index is 15.3. The van der Waals surface area contributed by atoms with Gasteiger partial charge in [-0.25, -0.2) is 4.39 Å². The molecule has 4 aliphatic carbocycles. The van der Waals surface area contributed by atoms with Gasteiger partial charge in [0.25, 0.3) is 0 Å². The molecular weight excluding hydrogens is 487 g/mol. The van der Waals surface area contributed by atoms with E-state index < -0.39 is 0 Å². The number of benzene rings is 2. The monoisotopic (exact) mass is 514 g/mol. The molecule has 1 heterocycles. The summed E-state index contributed by atoms with van der Waals surface area (Å²) in [4.78, 5) is 1.02. The molecule has 4 fully saturated rings. The van der Waals surface area contributed by atoms with Crippen molar-refractivity contribution in [2.24, 2.45) is 16.7 Å². The van der Waals surface area contributed by atoms with Gasteiger partial charge < -0.3 is 9.47 Å². The number of thiophene rings is 1. The van der Waals surface area contributed by atoms with Crippen LogP contribution in [-0.4, -0.2) is 13.9 Å². The van der Waals surface area contributed by atoms with Crippen molar-refractivity contribution in [3.63, 3.8) is 0 Å². The number of halogens is 2. The average molecular weight is 515 g/mol. The molecule has 1 aromatic heterocycles. The van der Waals surface area contributed by atoms with E-state index in [1.165, 1.54) is 17.5 Å². The highest BCUT2D eigenvalue weighted by atomic mass is 79.9. The van der Waals surface area contributed by atoms with E-state index >= 15 is 4.39 Å². The van der Waals surface area contributed by atoms with E-state index in [-0.39, 0.29) is 18.0 Å². The van der Waals surface area contributed by atoms with E-state index in [4.69, 9.17) is 9.47 Å². The summed E-state index contributed by atoms with van der Waals surface area (Å²) in [6.07, 6.45) is 5.99. The predicted octanol–water partition coefficient (Wildman–Crippen LogP) is 8.31. The van der Waals surface area contributed by atoms with Gasteiger partial charge in [0, 0.05) is 38.2 Å². The van der Waals surface area contributed by atoms with Gasteiger partial charge in [0.15, 0.2) is 6.79 Å². The first-order valence-corrected chi connectivity index (χ1v) is 13.0. The van der Waals surface area contributed by atoms with Crippen molar-refractivity contribution in [1.29, 1.82) is 0 Å². The largest absolute Gasteiger partial charge is 0.467 e. The molecule has 3 aromatic rings. The number of rotatable bonds is 5. The Morgan fingerprint density at radius 3 is 2.66 bits per heavy atom. The molecular formula is C27H28BrFO2S. The summed E-state index contributed by atoms with van der Waals surface area (Å²) in [6.45, 7) is 5.06. The lowest BCUT2D eigenvalue weighted by molar-refractivity contribution is 0.0472. The lowest BCUT2D eigenvalue weighted by Gasteiger charge is -2.46. The Morgan fingerprint density at radius 2 is 1.94 bits per heavy atom. The van der Waals surface area contributed by atoms with Gasteiger partial charge in [-0.3, -0.25) is 0 Å². The summed E-state index contributed by atoms with van der Waals surface area (Å²) in [6, 6.07) is 11.7. The zero-order chi connectivity index (χ0) is 22.3.